The van der Waals surface area contributed by atoms with Crippen LogP contribution in [0.15, 0.2) is 10.6 Å². The highest BCUT2D eigenvalue weighted by molar-refractivity contribution is 6.07. The summed E-state index contributed by atoms with van der Waals surface area (Å²) in [7, 11) is 0. The first-order valence-electron chi connectivity index (χ1n) is 9.22. The number of nitrogens with one attached hydrogen (secondary N) is 1. The molecule has 2 aliphatic carbocycles. The number of rotatable bonds is 4. The van der Waals surface area contributed by atoms with Crippen LogP contribution in [-0.4, -0.2) is 32.7 Å². The van der Waals surface area contributed by atoms with E-state index in [2.05, 4.69) is 22.4 Å². The normalized spacial score (nSPS) is 26.0. The van der Waals surface area contributed by atoms with Crippen LogP contribution in [-0.2, 0) is 4.79 Å². The predicted octanol–water partition coefficient (Wildman–Crippen LogP) is 3.17. The van der Waals surface area contributed by atoms with Gasteiger partial charge in [0.1, 0.15) is 5.54 Å². The van der Waals surface area contributed by atoms with Gasteiger partial charge in [-0.2, -0.15) is 0 Å². The van der Waals surface area contributed by atoms with E-state index in [1.54, 1.807) is 13.0 Å². The number of carboxylic acid groups (broad SMARTS) is 1. The van der Waals surface area contributed by atoms with Gasteiger partial charge < -0.3 is 14.9 Å². The van der Waals surface area contributed by atoms with Gasteiger partial charge in [-0.3, -0.25) is 4.79 Å². The topological polar surface area (TPSA) is 105 Å². The van der Waals surface area contributed by atoms with Gasteiger partial charge in [0.15, 0.2) is 0 Å². The number of aromatic nitrogens is 2. The fourth-order valence-corrected chi connectivity index (χ4v) is 3.81. The number of pyridine rings is 1. The Balaban J connectivity index is 1.71. The van der Waals surface area contributed by atoms with Crippen LogP contribution in [0.3, 0.4) is 0 Å². The van der Waals surface area contributed by atoms with Crippen LogP contribution in [0.25, 0.3) is 11.1 Å². The van der Waals surface area contributed by atoms with E-state index < -0.39 is 11.5 Å². The molecule has 0 radical (unpaired) electrons. The lowest BCUT2D eigenvalue weighted by Gasteiger charge is -2.36. The van der Waals surface area contributed by atoms with E-state index >= 15 is 0 Å². The number of carboxylic acids is 1. The van der Waals surface area contributed by atoms with Crippen molar-refractivity contribution in [3.63, 3.8) is 0 Å². The number of aliphatic carboxylic acids is 1. The van der Waals surface area contributed by atoms with E-state index in [-0.39, 0.29) is 5.91 Å². The van der Waals surface area contributed by atoms with Crippen molar-refractivity contribution in [2.24, 2.45) is 5.92 Å². The summed E-state index contributed by atoms with van der Waals surface area (Å²) in [6, 6.07) is 1.78. The smallest absolute Gasteiger partial charge is 0.329 e. The Bertz CT molecular complexity index is 876. The fourth-order valence-electron chi connectivity index (χ4n) is 3.81. The molecule has 2 aromatic heterocycles. The summed E-state index contributed by atoms with van der Waals surface area (Å²) >= 11 is 0. The van der Waals surface area contributed by atoms with Crippen LogP contribution in [0.4, 0.5) is 0 Å². The van der Waals surface area contributed by atoms with E-state index in [1.807, 2.05) is 0 Å². The Morgan fingerprint density at radius 1 is 1.27 bits per heavy atom. The number of nitrogens with zero attached hydrogens (tertiary/aromatic N) is 2. The zero-order valence-electron chi connectivity index (χ0n) is 15.0. The molecule has 4 rings (SSSR count). The molecular weight excluding hydrogens is 334 g/mol. The van der Waals surface area contributed by atoms with E-state index in [4.69, 9.17) is 4.52 Å². The minimum absolute atomic E-state index is 0.346. The standard InChI is InChI=1S/C19H23N3O4/c1-10-5-7-19(8-6-10,18(24)25)21-16(23)13-9-14(12-3-4-12)20-17-15(13)11(2)22-26-17/h9-10,12H,3-8H2,1-2H3,(H,21,23)(H,24,25). The predicted molar refractivity (Wildman–Crippen MR) is 94.0 cm³/mol. The molecule has 2 fully saturated rings. The molecule has 26 heavy (non-hydrogen) atoms. The highest BCUT2D eigenvalue weighted by Crippen LogP contribution is 2.40. The first kappa shape index (κ1) is 17.0. The summed E-state index contributed by atoms with van der Waals surface area (Å²) in [5, 5.41) is 17.1. The van der Waals surface area contributed by atoms with Gasteiger partial charge in [0.05, 0.1) is 16.6 Å². The second-order valence-corrected chi connectivity index (χ2v) is 7.84. The number of carbonyl (C=O) groups excluding carboxylic acids is 1. The van der Waals surface area contributed by atoms with Gasteiger partial charge in [-0.15, -0.1) is 0 Å². The Labute approximate surface area is 151 Å². The fraction of sp³-hybridized carbons (Fsp3) is 0.579. The molecule has 2 N–H and O–H groups in total. The lowest BCUT2D eigenvalue weighted by molar-refractivity contribution is -0.146. The SMILES string of the molecule is Cc1noc2nc(C3CC3)cc(C(=O)NC3(C(=O)O)CCC(C)CC3)c12. The molecule has 138 valence electrons. The number of aryl methyl sites for hydroxylation is 1. The minimum atomic E-state index is -1.20. The van der Waals surface area contributed by atoms with Crippen LogP contribution in [0.2, 0.25) is 0 Å². The summed E-state index contributed by atoms with van der Waals surface area (Å²) in [6.07, 6.45) is 4.56. The Morgan fingerprint density at radius 2 is 1.96 bits per heavy atom. The molecular formula is C19H23N3O4. The number of carbonyl (C=O) groups is 2. The van der Waals surface area contributed by atoms with Gasteiger partial charge in [0.25, 0.3) is 11.6 Å². The number of hydrogen-bond donors (Lipinski definition) is 2. The van der Waals surface area contributed by atoms with E-state index in [9.17, 15) is 14.7 Å². The van der Waals surface area contributed by atoms with Crippen molar-refractivity contribution in [2.75, 3.05) is 0 Å². The van der Waals surface area contributed by atoms with Crippen LogP contribution >= 0.6 is 0 Å². The summed E-state index contributed by atoms with van der Waals surface area (Å²) in [5.74, 6) is -0.524. The summed E-state index contributed by atoms with van der Waals surface area (Å²) in [6.45, 7) is 3.87. The first-order chi connectivity index (χ1) is 12.4. The number of fused-ring (bicyclic) bond motifs is 1. The third-order valence-corrected chi connectivity index (χ3v) is 5.77. The maximum atomic E-state index is 13.1. The van der Waals surface area contributed by atoms with Crippen molar-refractivity contribution in [3.05, 3.63) is 23.0 Å². The second kappa shape index (κ2) is 6.07. The Hall–Kier alpha value is -2.44. The zero-order chi connectivity index (χ0) is 18.5. The van der Waals surface area contributed by atoms with Crippen molar-refractivity contribution in [1.82, 2.24) is 15.5 Å². The third kappa shape index (κ3) is 2.85. The van der Waals surface area contributed by atoms with E-state index in [0.29, 0.717) is 47.0 Å². The Kier molecular flexibility index (Phi) is 3.97. The Morgan fingerprint density at radius 3 is 2.58 bits per heavy atom. The average Bonchev–Trinajstić information content (AvgIpc) is 3.40. The van der Waals surface area contributed by atoms with Crippen LogP contribution in [0.5, 0.6) is 0 Å². The van der Waals surface area contributed by atoms with Crippen molar-refractivity contribution in [2.45, 2.75) is 63.8 Å². The van der Waals surface area contributed by atoms with Gasteiger partial charge in [-0.05, 0) is 57.4 Å². The van der Waals surface area contributed by atoms with E-state index in [1.165, 1.54) is 0 Å². The minimum Gasteiger partial charge on any atom is -0.480 e. The molecule has 2 aromatic rings. The van der Waals surface area contributed by atoms with Gasteiger partial charge >= 0.3 is 5.97 Å². The van der Waals surface area contributed by atoms with Crippen molar-refractivity contribution < 1.29 is 19.2 Å². The van der Waals surface area contributed by atoms with Crippen molar-refractivity contribution >= 4 is 23.0 Å². The molecule has 0 aliphatic heterocycles. The average molecular weight is 357 g/mol. The van der Waals surface area contributed by atoms with Crippen LogP contribution in [0, 0.1) is 12.8 Å². The number of amides is 1. The molecule has 0 spiro atoms. The summed E-state index contributed by atoms with van der Waals surface area (Å²) < 4.78 is 5.28. The molecule has 1 amide bonds. The van der Waals surface area contributed by atoms with Crippen LogP contribution in [0.1, 0.15) is 73.1 Å². The van der Waals surface area contributed by atoms with Crippen molar-refractivity contribution in [1.29, 1.82) is 0 Å². The highest BCUT2D eigenvalue weighted by atomic mass is 16.5. The lowest BCUT2D eigenvalue weighted by Crippen LogP contribution is -2.56. The molecule has 2 saturated carbocycles. The van der Waals surface area contributed by atoms with E-state index in [0.717, 1.165) is 31.4 Å². The van der Waals surface area contributed by atoms with Gasteiger partial charge in [-0.25, -0.2) is 9.78 Å². The molecule has 0 unspecified atom stereocenters. The molecule has 0 saturated heterocycles. The molecule has 7 nitrogen and oxygen atoms in total. The third-order valence-electron chi connectivity index (χ3n) is 5.77. The maximum Gasteiger partial charge on any atom is 0.329 e. The number of hydrogen-bond acceptors (Lipinski definition) is 5. The monoisotopic (exact) mass is 357 g/mol. The van der Waals surface area contributed by atoms with Gasteiger partial charge in [-0.1, -0.05) is 12.1 Å². The van der Waals surface area contributed by atoms with Gasteiger partial charge in [0, 0.05) is 11.6 Å². The largest absolute Gasteiger partial charge is 0.480 e. The lowest BCUT2D eigenvalue weighted by atomic mass is 9.77. The summed E-state index contributed by atoms with van der Waals surface area (Å²) in [4.78, 5) is 29.5. The van der Waals surface area contributed by atoms with Crippen LogP contribution < -0.4 is 5.32 Å². The molecule has 0 bridgehead atoms. The summed E-state index contributed by atoms with van der Waals surface area (Å²) in [5.41, 5.74) is 0.958. The molecule has 0 atom stereocenters. The van der Waals surface area contributed by atoms with Gasteiger partial charge in [0.2, 0.25) is 0 Å². The van der Waals surface area contributed by atoms with Crippen molar-refractivity contribution in [3.8, 4) is 0 Å². The molecule has 7 heteroatoms. The molecule has 2 aliphatic rings. The highest BCUT2D eigenvalue weighted by Gasteiger charge is 2.43. The maximum absolute atomic E-state index is 13.1. The second-order valence-electron chi connectivity index (χ2n) is 7.84. The zero-order valence-corrected chi connectivity index (χ0v) is 15.0. The first-order valence-corrected chi connectivity index (χ1v) is 9.22. The quantitative estimate of drug-likeness (QED) is 0.871. The molecule has 2 heterocycles. The molecule has 0 aromatic carbocycles.